The fourth-order valence-corrected chi connectivity index (χ4v) is 2.48. The maximum Gasteiger partial charge on any atom is 0.303 e. The first-order valence-corrected chi connectivity index (χ1v) is 7.78. The molecule has 2 aromatic carbocycles. The molecule has 0 atom stereocenters. The van der Waals surface area contributed by atoms with Crippen LogP contribution in [0, 0.1) is 11.8 Å². The van der Waals surface area contributed by atoms with Gasteiger partial charge in [-0.05, 0) is 55.0 Å². The third-order valence-electron chi connectivity index (χ3n) is 3.70. The Morgan fingerprint density at radius 3 is 2.21 bits per heavy atom. The third kappa shape index (κ3) is 3.93. The number of benzene rings is 2. The van der Waals surface area contributed by atoms with Crippen molar-refractivity contribution >= 4 is 5.97 Å². The molecule has 3 heteroatoms. The van der Waals surface area contributed by atoms with Crippen molar-refractivity contribution in [2.75, 3.05) is 0 Å². The van der Waals surface area contributed by atoms with Crippen LogP contribution in [0.5, 0.6) is 0 Å². The molecule has 3 rings (SSSR count). The van der Waals surface area contributed by atoms with Gasteiger partial charge < -0.3 is 9.67 Å². The van der Waals surface area contributed by atoms with Gasteiger partial charge in [-0.2, -0.15) is 0 Å². The van der Waals surface area contributed by atoms with E-state index in [4.69, 9.17) is 5.11 Å². The minimum atomic E-state index is -0.783. The van der Waals surface area contributed by atoms with Crippen LogP contribution < -0.4 is 0 Å². The Bertz CT molecular complexity index is 881. The molecule has 118 valence electrons. The lowest BCUT2D eigenvalue weighted by atomic mass is 10.1. The van der Waals surface area contributed by atoms with Crippen LogP contribution in [-0.4, -0.2) is 15.6 Å². The molecule has 1 N–H and O–H groups in total. The molecule has 0 spiro atoms. The van der Waals surface area contributed by atoms with E-state index in [1.54, 1.807) is 0 Å². The predicted molar refractivity (Wildman–Crippen MR) is 94.1 cm³/mol. The molecule has 0 bridgehead atoms. The molecule has 0 aliphatic carbocycles. The monoisotopic (exact) mass is 315 g/mol. The Morgan fingerprint density at radius 1 is 0.875 bits per heavy atom. The Kier molecular flexibility index (Phi) is 4.78. The molecule has 1 heterocycles. The largest absolute Gasteiger partial charge is 0.481 e. The van der Waals surface area contributed by atoms with Gasteiger partial charge in [0.15, 0.2) is 0 Å². The number of hydrogen-bond acceptors (Lipinski definition) is 1. The van der Waals surface area contributed by atoms with Gasteiger partial charge in [0.2, 0.25) is 0 Å². The number of carboxylic acid groups (broad SMARTS) is 1. The van der Waals surface area contributed by atoms with Crippen LogP contribution in [-0.2, 0) is 11.2 Å². The van der Waals surface area contributed by atoms with Crippen molar-refractivity contribution in [2.45, 2.75) is 12.8 Å². The van der Waals surface area contributed by atoms with E-state index in [2.05, 4.69) is 11.8 Å². The van der Waals surface area contributed by atoms with Gasteiger partial charge in [-0.3, -0.25) is 4.79 Å². The summed E-state index contributed by atoms with van der Waals surface area (Å²) >= 11 is 0. The van der Waals surface area contributed by atoms with Crippen LogP contribution in [0.1, 0.15) is 23.2 Å². The average Bonchev–Trinajstić information content (AvgIpc) is 3.08. The molecule has 0 unspecified atom stereocenters. The molecule has 0 amide bonds. The van der Waals surface area contributed by atoms with Gasteiger partial charge >= 0.3 is 5.97 Å². The molecule has 1 aromatic heterocycles. The standard InChI is InChI=1S/C21H17NO2/c23-21(24)15-14-19-7-4-16-22(19)20-12-10-18(11-13-20)9-8-17-5-2-1-3-6-17/h1-7,10-13,16H,14-15H2,(H,23,24). The average molecular weight is 315 g/mol. The topological polar surface area (TPSA) is 42.2 Å². The Labute approximate surface area is 141 Å². The van der Waals surface area contributed by atoms with Crippen molar-refractivity contribution < 1.29 is 9.90 Å². The fourth-order valence-electron chi connectivity index (χ4n) is 2.48. The van der Waals surface area contributed by atoms with E-state index < -0.39 is 5.97 Å². The summed E-state index contributed by atoms with van der Waals surface area (Å²) in [5, 5.41) is 8.84. The van der Waals surface area contributed by atoms with Gasteiger partial charge in [-0.1, -0.05) is 30.0 Å². The third-order valence-corrected chi connectivity index (χ3v) is 3.70. The number of aromatic nitrogens is 1. The molecular weight excluding hydrogens is 298 g/mol. The fraction of sp³-hybridized carbons (Fsp3) is 0.0952. The smallest absolute Gasteiger partial charge is 0.303 e. The van der Waals surface area contributed by atoms with Crippen LogP contribution in [0.15, 0.2) is 72.9 Å². The molecule has 3 aromatic rings. The normalized spacial score (nSPS) is 10.0. The van der Waals surface area contributed by atoms with Gasteiger partial charge in [-0.15, -0.1) is 0 Å². The molecule has 0 aliphatic rings. The lowest BCUT2D eigenvalue weighted by Gasteiger charge is -2.08. The Hall–Kier alpha value is -3.25. The summed E-state index contributed by atoms with van der Waals surface area (Å²) in [6.45, 7) is 0. The summed E-state index contributed by atoms with van der Waals surface area (Å²) in [6, 6.07) is 21.7. The zero-order chi connectivity index (χ0) is 16.8. The van der Waals surface area contributed by atoms with Crippen molar-refractivity contribution in [3.63, 3.8) is 0 Å². The SMILES string of the molecule is O=C(O)CCc1cccn1-c1ccc(C#Cc2ccccc2)cc1. The molecule has 24 heavy (non-hydrogen) atoms. The highest BCUT2D eigenvalue weighted by Gasteiger charge is 2.05. The van der Waals surface area contributed by atoms with Crippen LogP contribution in [0.25, 0.3) is 5.69 Å². The molecule has 3 nitrogen and oxygen atoms in total. The molecule has 0 saturated heterocycles. The summed E-state index contributed by atoms with van der Waals surface area (Å²) in [5.74, 6) is 5.51. The summed E-state index contributed by atoms with van der Waals surface area (Å²) < 4.78 is 2.01. The molecule has 0 aliphatic heterocycles. The zero-order valence-electron chi connectivity index (χ0n) is 13.1. The molecular formula is C21H17NO2. The summed E-state index contributed by atoms with van der Waals surface area (Å²) in [4.78, 5) is 10.8. The van der Waals surface area contributed by atoms with Crippen molar-refractivity contribution in [1.29, 1.82) is 0 Å². The first kappa shape index (κ1) is 15.6. The van der Waals surface area contributed by atoms with Crippen LogP contribution in [0.3, 0.4) is 0 Å². The lowest BCUT2D eigenvalue weighted by Crippen LogP contribution is -2.03. The van der Waals surface area contributed by atoms with Gasteiger partial charge in [0.25, 0.3) is 0 Å². The minimum Gasteiger partial charge on any atom is -0.481 e. The molecule has 0 fully saturated rings. The highest BCUT2D eigenvalue weighted by atomic mass is 16.4. The van der Waals surface area contributed by atoms with E-state index in [0.717, 1.165) is 22.5 Å². The van der Waals surface area contributed by atoms with Crippen LogP contribution in [0.4, 0.5) is 0 Å². The highest BCUT2D eigenvalue weighted by molar-refractivity contribution is 5.67. The van der Waals surface area contributed by atoms with Crippen LogP contribution in [0.2, 0.25) is 0 Å². The van der Waals surface area contributed by atoms with Gasteiger partial charge in [0.05, 0.1) is 6.42 Å². The number of aliphatic carboxylic acids is 1. The number of carbonyl (C=O) groups is 1. The summed E-state index contributed by atoms with van der Waals surface area (Å²) in [6.07, 6.45) is 2.59. The first-order chi connectivity index (χ1) is 11.7. The molecule has 0 radical (unpaired) electrons. The number of carboxylic acids is 1. The number of rotatable bonds is 4. The van der Waals surface area contributed by atoms with E-state index in [0.29, 0.717) is 6.42 Å². The molecule has 0 saturated carbocycles. The number of nitrogens with zero attached hydrogens (tertiary/aromatic N) is 1. The van der Waals surface area contributed by atoms with E-state index >= 15 is 0 Å². The predicted octanol–water partition coefficient (Wildman–Crippen LogP) is 3.89. The second-order valence-electron chi connectivity index (χ2n) is 5.43. The maximum absolute atomic E-state index is 10.8. The lowest BCUT2D eigenvalue weighted by molar-refractivity contribution is -0.136. The van der Waals surface area contributed by atoms with Crippen molar-refractivity contribution in [1.82, 2.24) is 4.57 Å². The van der Waals surface area contributed by atoms with Crippen molar-refractivity contribution in [3.05, 3.63) is 89.7 Å². The number of hydrogen-bond donors (Lipinski definition) is 1. The second kappa shape index (κ2) is 7.34. The van der Waals surface area contributed by atoms with E-state index in [1.807, 2.05) is 77.5 Å². The zero-order valence-corrected chi connectivity index (χ0v) is 13.1. The summed E-state index contributed by atoms with van der Waals surface area (Å²) in [7, 11) is 0. The van der Waals surface area contributed by atoms with E-state index in [9.17, 15) is 4.79 Å². The van der Waals surface area contributed by atoms with Gasteiger partial charge in [0, 0.05) is 28.7 Å². The first-order valence-electron chi connectivity index (χ1n) is 7.78. The van der Waals surface area contributed by atoms with Crippen LogP contribution >= 0.6 is 0 Å². The van der Waals surface area contributed by atoms with Crippen molar-refractivity contribution in [2.24, 2.45) is 0 Å². The quantitative estimate of drug-likeness (QED) is 0.742. The summed E-state index contributed by atoms with van der Waals surface area (Å²) in [5.41, 5.74) is 3.93. The Morgan fingerprint density at radius 2 is 1.54 bits per heavy atom. The van der Waals surface area contributed by atoms with Crippen molar-refractivity contribution in [3.8, 4) is 17.5 Å². The highest BCUT2D eigenvalue weighted by Crippen LogP contribution is 2.15. The number of aryl methyl sites for hydroxylation is 1. The maximum atomic E-state index is 10.8. The van der Waals surface area contributed by atoms with Gasteiger partial charge in [0.1, 0.15) is 0 Å². The minimum absolute atomic E-state index is 0.130. The second-order valence-corrected chi connectivity index (χ2v) is 5.43. The van der Waals surface area contributed by atoms with E-state index in [1.165, 1.54) is 0 Å². The van der Waals surface area contributed by atoms with Gasteiger partial charge in [-0.25, -0.2) is 0 Å². The van der Waals surface area contributed by atoms with E-state index in [-0.39, 0.29) is 6.42 Å². The Balaban J connectivity index is 1.77.